The summed E-state index contributed by atoms with van der Waals surface area (Å²) in [5.41, 5.74) is 3.08. The summed E-state index contributed by atoms with van der Waals surface area (Å²) in [6.07, 6.45) is 6.44. The number of hydrogen-bond acceptors (Lipinski definition) is 4. The summed E-state index contributed by atoms with van der Waals surface area (Å²) in [4.78, 5) is 18.8. The van der Waals surface area contributed by atoms with Crippen molar-refractivity contribution in [1.82, 2.24) is 24.8 Å². The number of fused-ring (bicyclic) bond motifs is 1. The van der Waals surface area contributed by atoms with Crippen LogP contribution < -0.4 is 5.32 Å². The first kappa shape index (κ1) is 15.8. The maximum atomic E-state index is 12.3. The van der Waals surface area contributed by atoms with Crippen LogP contribution in [-0.2, 0) is 11.3 Å². The van der Waals surface area contributed by atoms with Gasteiger partial charge in [-0.25, -0.2) is 9.50 Å². The molecule has 1 atom stereocenters. The number of carbonyl (C=O) groups excluding carboxylic acids is 1. The molecule has 1 unspecified atom stereocenters. The van der Waals surface area contributed by atoms with Gasteiger partial charge in [-0.15, -0.1) is 0 Å². The number of carbonyl (C=O) groups is 1. The lowest BCUT2D eigenvalue weighted by Crippen LogP contribution is -2.35. The normalized spacial score (nSPS) is 17.8. The standard InChI is InChI=1S/C19H21N5O/c25-18(21-11-17-12-22-24-9-4-8-20-19(17)24)14-23-10-7-16(13-23)15-5-2-1-3-6-15/h1-6,8-9,12,16H,7,10-11,13-14H2,(H,21,25). The lowest BCUT2D eigenvalue weighted by Gasteiger charge is -2.15. The number of nitrogens with one attached hydrogen (secondary N) is 1. The quantitative estimate of drug-likeness (QED) is 0.773. The predicted octanol–water partition coefficient (Wildman–Crippen LogP) is 1.84. The van der Waals surface area contributed by atoms with Crippen LogP contribution in [0.2, 0.25) is 0 Å². The van der Waals surface area contributed by atoms with Gasteiger partial charge in [0.1, 0.15) is 0 Å². The van der Waals surface area contributed by atoms with Crippen LogP contribution in [0.4, 0.5) is 0 Å². The smallest absolute Gasteiger partial charge is 0.234 e. The highest BCUT2D eigenvalue weighted by Gasteiger charge is 2.25. The van der Waals surface area contributed by atoms with Crippen LogP contribution in [-0.4, -0.2) is 45.0 Å². The second-order valence-corrected chi connectivity index (χ2v) is 6.47. The van der Waals surface area contributed by atoms with Crippen molar-refractivity contribution in [3.8, 4) is 0 Å². The van der Waals surface area contributed by atoms with Gasteiger partial charge in [0.25, 0.3) is 0 Å². The van der Waals surface area contributed by atoms with Crippen LogP contribution >= 0.6 is 0 Å². The highest BCUT2D eigenvalue weighted by atomic mass is 16.2. The molecule has 1 fully saturated rings. The average Bonchev–Trinajstić information content (AvgIpc) is 3.28. The fraction of sp³-hybridized carbons (Fsp3) is 0.316. The van der Waals surface area contributed by atoms with E-state index in [4.69, 9.17) is 0 Å². The third kappa shape index (κ3) is 3.53. The Balaban J connectivity index is 1.30. The van der Waals surface area contributed by atoms with Crippen LogP contribution in [0.15, 0.2) is 55.0 Å². The number of aromatic nitrogens is 3. The van der Waals surface area contributed by atoms with Gasteiger partial charge in [0.2, 0.25) is 5.91 Å². The van der Waals surface area contributed by atoms with Crippen LogP contribution in [0.25, 0.3) is 5.65 Å². The van der Waals surface area contributed by atoms with Crippen molar-refractivity contribution in [2.24, 2.45) is 0 Å². The van der Waals surface area contributed by atoms with E-state index in [1.165, 1.54) is 5.56 Å². The minimum absolute atomic E-state index is 0.0454. The molecule has 6 heteroatoms. The molecule has 0 bridgehead atoms. The summed E-state index contributed by atoms with van der Waals surface area (Å²) in [6.45, 7) is 2.80. The third-order valence-corrected chi connectivity index (χ3v) is 4.74. The van der Waals surface area contributed by atoms with Crippen LogP contribution in [0.3, 0.4) is 0 Å². The topological polar surface area (TPSA) is 62.5 Å². The summed E-state index contributed by atoms with van der Waals surface area (Å²) < 4.78 is 1.71. The van der Waals surface area contributed by atoms with E-state index in [9.17, 15) is 4.79 Å². The zero-order valence-corrected chi connectivity index (χ0v) is 14.0. The highest BCUT2D eigenvalue weighted by molar-refractivity contribution is 5.78. The Labute approximate surface area is 146 Å². The molecule has 0 saturated carbocycles. The van der Waals surface area contributed by atoms with E-state index in [1.54, 1.807) is 16.9 Å². The molecule has 4 rings (SSSR count). The number of hydrogen-bond donors (Lipinski definition) is 1. The molecule has 3 aromatic rings. The summed E-state index contributed by atoms with van der Waals surface area (Å²) in [5.74, 6) is 0.571. The summed E-state index contributed by atoms with van der Waals surface area (Å²) in [6, 6.07) is 12.4. The van der Waals surface area contributed by atoms with Crippen molar-refractivity contribution in [1.29, 1.82) is 0 Å². The van der Waals surface area contributed by atoms with E-state index in [-0.39, 0.29) is 5.91 Å². The van der Waals surface area contributed by atoms with Gasteiger partial charge in [-0.05, 0) is 30.5 Å². The number of likely N-dealkylation sites (tertiary alicyclic amines) is 1. The molecular weight excluding hydrogens is 314 g/mol. The maximum Gasteiger partial charge on any atom is 0.234 e. The van der Waals surface area contributed by atoms with E-state index in [0.29, 0.717) is 19.0 Å². The van der Waals surface area contributed by atoms with Crippen molar-refractivity contribution in [3.05, 3.63) is 66.1 Å². The Morgan fingerprint density at radius 1 is 1.24 bits per heavy atom. The summed E-state index contributed by atoms with van der Waals surface area (Å²) in [7, 11) is 0. The monoisotopic (exact) mass is 335 g/mol. The van der Waals surface area contributed by atoms with Crippen molar-refractivity contribution < 1.29 is 4.79 Å². The van der Waals surface area contributed by atoms with Crippen LogP contribution in [0.5, 0.6) is 0 Å². The Morgan fingerprint density at radius 3 is 3.00 bits per heavy atom. The van der Waals surface area contributed by atoms with Gasteiger partial charge in [0.15, 0.2) is 5.65 Å². The molecule has 6 nitrogen and oxygen atoms in total. The third-order valence-electron chi connectivity index (χ3n) is 4.74. The lowest BCUT2D eigenvalue weighted by molar-refractivity contribution is -0.122. The molecule has 128 valence electrons. The second-order valence-electron chi connectivity index (χ2n) is 6.47. The van der Waals surface area contributed by atoms with E-state index in [0.717, 1.165) is 30.7 Å². The fourth-order valence-electron chi connectivity index (χ4n) is 3.43. The molecule has 0 spiro atoms. The molecule has 1 aliphatic heterocycles. The minimum atomic E-state index is 0.0454. The molecule has 0 radical (unpaired) electrons. The van der Waals surface area contributed by atoms with Crippen molar-refractivity contribution in [2.75, 3.05) is 19.6 Å². The predicted molar refractivity (Wildman–Crippen MR) is 95.1 cm³/mol. The van der Waals surface area contributed by atoms with Gasteiger partial charge in [-0.2, -0.15) is 5.10 Å². The largest absolute Gasteiger partial charge is 0.351 e. The minimum Gasteiger partial charge on any atom is -0.351 e. The van der Waals surface area contributed by atoms with Crippen molar-refractivity contribution in [3.63, 3.8) is 0 Å². The van der Waals surface area contributed by atoms with E-state index >= 15 is 0 Å². The SMILES string of the molecule is O=C(CN1CCC(c2ccccc2)C1)NCc1cnn2cccnc12. The van der Waals surface area contributed by atoms with Gasteiger partial charge in [0, 0.05) is 31.0 Å². The summed E-state index contributed by atoms with van der Waals surface area (Å²) in [5, 5.41) is 7.22. The number of nitrogens with zero attached hydrogens (tertiary/aromatic N) is 4. The van der Waals surface area contributed by atoms with Crippen molar-refractivity contribution >= 4 is 11.6 Å². The molecule has 1 N–H and O–H groups in total. The second kappa shape index (κ2) is 7.03. The lowest BCUT2D eigenvalue weighted by atomic mass is 9.99. The zero-order valence-electron chi connectivity index (χ0n) is 14.0. The molecule has 2 aromatic heterocycles. The van der Waals surface area contributed by atoms with Crippen LogP contribution in [0, 0.1) is 0 Å². The maximum absolute atomic E-state index is 12.3. The fourth-order valence-corrected chi connectivity index (χ4v) is 3.43. The molecule has 1 amide bonds. The number of benzene rings is 1. The molecule has 1 aliphatic rings. The van der Waals surface area contributed by atoms with Crippen LogP contribution in [0.1, 0.15) is 23.5 Å². The van der Waals surface area contributed by atoms with E-state index < -0.39 is 0 Å². The number of amides is 1. The Hall–Kier alpha value is -2.73. The molecule has 1 saturated heterocycles. The highest BCUT2D eigenvalue weighted by Crippen LogP contribution is 2.26. The molecular formula is C19H21N5O. The zero-order chi connectivity index (χ0) is 17.1. The van der Waals surface area contributed by atoms with Gasteiger partial charge >= 0.3 is 0 Å². The molecule has 3 heterocycles. The Morgan fingerprint density at radius 2 is 2.12 bits per heavy atom. The molecule has 1 aromatic carbocycles. The Kier molecular flexibility index (Phi) is 4.43. The summed E-state index contributed by atoms with van der Waals surface area (Å²) >= 11 is 0. The van der Waals surface area contributed by atoms with Gasteiger partial charge in [-0.3, -0.25) is 9.69 Å². The molecule has 0 aliphatic carbocycles. The van der Waals surface area contributed by atoms with Gasteiger partial charge in [-0.1, -0.05) is 30.3 Å². The first-order valence-corrected chi connectivity index (χ1v) is 8.61. The van der Waals surface area contributed by atoms with E-state index in [2.05, 4.69) is 44.6 Å². The van der Waals surface area contributed by atoms with E-state index in [1.807, 2.05) is 18.3 Å². The first-order valence-electron chi connectivity index (χ1n) is 8.61. The van der Waals surface area contributed by atoms with Crippen molar-refractivity contribution in [2.45, 2.75) is 18.9 Å². The molecule has 25 heavy (non-hydrogen) atoms. The first-order chi connectivity index (χ1) is 12.3. The van der Waals surface area contributed by atoms with Gasteiger partial charge in [0.05, 0.1) is 12.7 Å². The Bertz CT molecular complexity index is 860. The van der Waals surface area contributed by atoms with Gasteiger partial charge < -0.3 is 5.32 Å². The average molecular weight is 335 g/mol. The number of rotatable bonds is 5.